The first-order valence-corrected chi connectivity index (χ1v) is 10.8. The number of pyridine rings is 1. The Hall–Kier alpha value is -2.35. The van der Waals surface area contributed by atoms with Crippen molar-refractivity contribution in [3.8, 4) is 0 Å². The molecule has 30 heavy (non-hydrogen) atoms. The van der Waals surface area contributed by atoms with E-state index in [9.17, 15) is 30.4 Å². The summed E-state index contributed by atoms with van der Waals surface area (Å²) in [5.41, 5.74) is -0.723. The second kappa shape index (κ2) is 8.41. The first-order valence-electron chi connectivity index (χ1n) is 8.90. The molecule has 0 unspecified atom stereocenters. The van der Waals surface area contributed by atoms with Gasteiger partial charge in [0.2, 0.25) is 16.0 Å². The molecule has 8 nitrogen and oxygen atoms in total. The lowest BCUT2D eigenvalue weighted by molar-refractivity contribution is -0.115. The van der Waals surface area contributed by atoms with E-state index in [1.165, 1.54) is 10.5 Å². The Morgan fingerprint density at radius 2 is 1.90 bits per heavy atom. The van der Waals surface area contributed by atoms with Crippen LogP contribution in [-0.2, 0) is 10.0 Å². The van der Waals surface area contributed by atoms with Crippen LogP contribution in [0.4, 0.5) is 33.7 Å². The zero-order valence-electron chi connectivity index (χ0n) is 15.7. The van der Waals surface area contributed by atoms with Gasteiger partial charge in [0.15, 0.2) is 5.82 Å². The fourth-order valence-electron chi connectivity index (χ4n) is 3.06. The molecule has 0 saturated carbocycles. The Kier molecular flexibility index (Phi) is 6.26. The molecular formula is C16H19F5N6O2S. The topological polar surface area (TPSA) is 100 Å². The minimum atomic E-state index is -4.57. The van der Waals surface area contributed by atoms with Gasteiger partial charge in [-0.05, 0) is 18.9 Å². The Morgan fingerprint density at radius 1 is 1.23 bits per heavy atom. The number of aromatic nitrogens is 3. The van der Waals surface area contributed by atoms with Gasteiger partial charge in [0, 0.05) is 30.7 Å². The highest BCUT2D eigenvalue weighted by Crippen LogP contribution is 2.28. The molecule has 3 heterocycles. The molecule has 166 valence electrons. The third-order valence-corrected chi connectivity index (χ3v) is 5.82. The molecule has 2 aromatic rings. The first-order chi connectivity index (χ1) is 13.9. The van der Waals surface area contributed by atoms with E-state index in [1.807, 2.05) is 5.32 Å². The van der Waals surface area contributed by atoms with Crippen LogP contribution in [0, 0.1) is 0 Å². The maximum Gasteiger partial charge on any atom is 0.405 e. The van der Waals surface area contributed by atoms with E-state index in [4.69, 9.17) is 0 Å². The molecule has 1 aliphatic rings. The van der Waals surface area contributed by atoms with Crippen molar-refractivity contribution in [1.82, 2.24) is 19.3 Å². The molecule has 0 radical (unpaired) electrons. The van der Waals surface area contributed by atoms with E-state index in [2.05, 4.69) is 20.3 Å². The number of nitrogens with zero attached hydrogens (tertiary/aromatic N) is 4. The van der Waals surface area contributed by atoms with Gasteiger partial charge in [-0.15, -0.1) is 0 Å². The van der Waals surface area contributed by atoms with Gasteiger partial charge in [-0.3, -0.25) is 0 Å². The SMILES string of the molecule is CS(=O)(=O)N1CCC(Nc2ncc3cc(C(F)F)nc(NCC(F)(F)F)c3n2)CC1. The van der Waals surface area contributed by atoms with Crippen molar-refractivity contribution in [3.05, 3.63) is 18.0 Å². The van der Waals surface area contributed by atoms with E-state index >= 15 is 0 Å². The normalized spacial score (nSPS) is 16.9. The van der Waals surface area contributed by atoms with Crippen LogP contribution < -0.4 is 10.6 Å². The highest BCUT2D eigenvalue weighted by atomic mass is 32.2. The molecule has 0 spiro atoms. The monoisotopic (exact) mass is 454 g/mol. The maximum atomic E-state index is 13.0. The van der Waals surface area contributed by atoms with Crippen molar-refractivity contribution in [1.29, 1.82) is 0 Å². The standard InChI is InChI=1S/C16H19F5N6O2S/c1-30(28,29)27-4-2-10(3-5-27)24-15-22-7-9-6-11(13(17)18)25-14(12(9)26-15)23-8-16(19,20)21/h6-7,10,13H,2-5,8H2,1H3,(H,23,25)(H,22,24,26). The number of hydrogen-bond donors (Lipinski definition) is 2. The zero-order chi connectivity index (χ0) is 22.1. The van der Waals surface area contributed by atoms with E-state index in [1.54, 1.807) is 0 Å². The predicted octanol–water partition coefficient (Wildman–Crippen LogP) is 2.77. The summed E-state index contributed by atoms with van der Waals surface area (Å²) in [5, 5.41) is 5.14. The third kappa shape index (κ3) is 5.62. The number of anilines is 2. The van der Waals surface area contributed by atoms with Crippen molar-refractivity contribution in [3.63, 3.8) is 0 Å². The van der Waals surface area contributed by atoms with Crippen LogP contribution in [-0.4, -0.2) is 65.8 Å². The molecule has 1 aliphatic heterocycles. The van der Waals surface area contributed by atoms with Crippen molar-refractivity contribution >= 4 is 32.7 Å². The number of alkyl halides is 5. The van der Waals surface area contributed by atoms with Crippen molar-refractivity contribution in [2.24, 2.45) is 0 Å². The summed E-state index contributed by atoms with van der Waals surface area (Å²) in [7, 11) is -3.28. The number of hydrogen-bond acceptors (Lipinski definition) is 7. The molecule has 0 amide bonds. The predicted molar refractivity (Wildman–Crippen MR) is 99.9 cm³/mol. The second-order valence-corrected chi connectivity index (χ2v) is 8.86. The highest BCUT2D eigenvalue weighted by molar-refractivity contribution is 7.88. The second-order valence-electron chi connectivity index (χ2n) is 6.88. The summed E-state index contributed by atoms with van der Waals surface area (Å²) in [5.74, 6) is -0.334. The van der Waals surface area contributed by atoms with E-state index in [-0.39, 0.29) is 22.9 Å². The van der Waals surface area contributed by atoms with E-state index < -0.39 is 40.7 Å². The van der Waals surface area contributed by atoms with Gasteiger partial charge in [0.1, 0.15) is 17.8 Å². The van der Waals surface area contributed by atoms with Crippen LogP contribution >= 0.6 is 0 Å². The average Bonchev–Trinajstić information content (AvgIpc) is 2.65. The number of halogens is 5. The molecule has 0 bridgehead atoms. The average molecular weight is 454 g/mol. The van der Waals surface area contributed by atoms with Gasteiger partial charge in [-0.25, -0.2) is 36.5 Å². The van der Waals surface area contributed by atoms with Gasteiger partial charge < -0.3 is 10.6 Å². The first kappa shape index (κ1) is 22.3. The van der Waals surface area contributed by atoms with Gasteiger partial charge in [0.25, 0.3) is 6.43 Å². The number of rotatable bonds is 6. The number of nitrogens with one attached hydrogen (secondary N) is 2. The Labute approximate surface area is 168 Å². The third-order valence-electron chi connectivity index (χ3n) is 4.52. The molecule has 14 heteroatoms. The van der Waals surface area contributed by atoms with Crippen LogP contribution in [0.2, 0.25) is 0 Å². The summed E-state index contributed by atoms with van der Waals surface area (Å²) in [4.78, 5) is 11.8. The maximum absolute atomic E-state index is 13.0. The molecule has 1 saturated heterocycles. The van der Waals surface area contributed by atoms with Crippen LogP contribution in [0.5, 0.6) is 0 Å². The fourth-order valence-corrected chi connectivity index (χ4v) is 3.94. The molecule has 2 N–H and O–H groups in total. The lowest BCUT2D eigenvalue weighted by Gasteiger charge is -2.30. The largest absolute Gasteiger partial charge is 0.405 e. The van der Waals surface area contributed by atoms with E-state index in [0.29, 0.717) is 25.9 Å². The van der Waals surface area contributed by atoms with E-state index in [0.717, 1.165) is 12.3 Å². The van der Waals surface area contributed by atoms with Crippen LogP contribution in [0.3, 0.4) is 0 Å². The quantitative estimate of drug-likeness (QED) is 0.648. The fraction of sp³-hybridized carbons (Fsp3) is 0.562. The van der Waals surface area contributed by atoms with Crippen molar-refractivity contribution in [2.45, 2.75) is 31.5 Å². The summed E-state index contributed by atoms with van der Waals surface area (Å²) in [6.07, 6.45) is -4.23. The van der Waals surface area contributed by atoms with Crippen LogP contribution in [0.25, 0.3) is 10.9 Å². The van der Waals surface area contributed by atoms with Gasteiger partial charge in [0.05, 0.1) is 6.26 Å². The lowest BCUT2D eigenvalue weighted by Crippen LogP contribution is -2.42. The molecule has 3 rings (SSSR count). The van der Waals surface area contributed by atoms with Crippen LogP contribution in [0.1, 0.15) is 25.0 Å². The smallest absolute Gasteiger partial charge is 0.359 e. The molecule has 1 fully saturated rings. The Bertz CT molecular complexity index is 1010. The molecule has 2 aromatic heterocycles. The zero-order valence-corrected chi connectivity index (χ0v) is 16.6. The number of sulfonamides is 1. The van der Waals surface area contributed by atoms with Gasteiger partial charge in [-0.1, -0.05) is 0 Å². The summed E-state index contributed by atoms with van der Waals surface area (Å²) in [6.45, 7) is -0.845. The van der Waals surface area contributed by atoms with Crippen molar-refractivity contribution in [2.75, 3.05) is 36.5 Å². The molecule has 0 atom stereocenters. The lowest BCUT2D eigenvalue weighted by atomic mass is 10.1. The molecule has 0 aliphatic carbocycles. The minimum absolute atomic E-state index is 0.0327. The number of piperidine rings is 1. The summed E-state index contributed by atoms with van der Waals surface area (Å²) < 4.78 is 88.3. The molecular weight excluding hydrogens is 435 g/mol. The number of fused-ring (bicyclic) bond motifs is 1. The van der Waals surface area contributed by atoms with Crippen molar-refractivity contribution < 1.29 is 30.4 Å². The Balaban J connectivity index is 1.83. The summed E-state index contributed by atoms with van der Waals surface area (Å²) >= 11 is 0. The minimum Gasteiger partial charge on any atom is -0.359 e. The van der Waals surface area contributed by atoms with Gasteiger partial charge in [-0.2, -0.15) is 13.2 Å². The summed E-state index contributed by atoms with van der Waals surface area (Å²) in [6, 6.07) is 0.869. The van der Waals surface area contributed by atoms with Gasteiger partial charge >= 0.3 is 6.18 Å². The van der Waals surface area contributed by atoms with Crippen LogP contribution in [0.15, 0.2) is 12.3 Å². The molecule has 0 aromatic carbocycles. The highest BCUT2D eigenvalue weighted by Gasteiger charge is 2.28. The Morgan fingerprint density at radius 3 is 2.47 bits per heavy atom.